The lowest BCUT2D eigenvalue weighted by atomic mass is 9.82. The van der Waals surface area contributed by atoms with Gasteiger partial charge in [0.05, 0.1) is 10.9 Å². The van der Waals surface area contributed by atoms with Crippen molar-refractivity contribution in [1.82, 2.24) is 10.3 Å². The number of nitrogens with zero attached hydrogens (tertiary/aromatic N) is 1. The minimum absolute atomic E-state index is 0.133. The van der Waals surface area contributed by atoms with E-state index < -0.39 is 5.97 Å². The van der Waals surface area contributed by atoms with Gasteiger partial charge >= 0.3 is 5.97 Å². The maximum Gasteiger partial charge on any atom is 0.306 e. The van der Waals surface area contributed by atoms with E-state index in [9.17, 15) is 4.79 Å². The third-order valence-corrected chi connectivity index (χ3v) is 4.14. The average molecular weight is 283 g/mol. The van der Waals surface area contributed by atoms with Gasteiger partial charge in [-0.15, -0.1) is 0 Å². The van der Waals surface area contributed by atoms with Crippen LogP contribution in [-0.4, -0.2) is 22.6 Å². The minimum atomic E-state index is -0.644. The van der Waals surface area contributed by atoms with Crippen molar-refractivity contribution in [2.75, 3.05) is 6.54 Å². The fourth-order valence-electron chi connectivity index (χ4n) is 2.57. The Kier molecular flexibility index (Phi) is 5.16. The van der Waals surface area contributed by atoms with Crippen molar-refractivity contribution in [3.8, 4) is 0 Å². The fourth-order valence-corrected chi connectivity index (χ4v) is 2.76. The Morgan fingerprint density at radius 2 is 2.16 bits per heavy atom. The first kappa shape index (κ1) is 14.3. The van der Waals surface area contributed by atoms with Crippen molar-refractivity contribution < 1.29 is 9.90 Å². The molecule has 1 aliphatic carbocycles. The van der Waals surface area contributed by atoms with Gasteiger partial charge in [0.15, 0.2) is 0 Å². The number of rotatable bonds is 5. The second-order valence-electron chi connectivity index (χ2n) is 5.15. The van der Waals surface area contributed by atoms with Gasteiger partial charge in [-0.1, -0.05) is 11.6 Å². The highest BCUT2D eigenvalue weighted by molar-refractivity contribution is 6.31. The quantitative estimate of drug-likeness (QED) is 0.872. The highest BCUT2D eigenvalue weighted by Gasteiger charge is 2.25. The maximum absolute atomic E-state index is 10.9. The standard InChI is InChI=1S/C14H19ClN2O2/c15-13-9-16-6-5-12(13)8-17-7-10-1-3-11(4-2-10)14(18)19/h5-6,9-11,17H,1-4,7-8H2,(H,18,19). The number of carbonyl (C=O) groups is 1. The zero-order valence-electron chi connectivity index (χ0n) is 10.8. The van der Waals surface area contributed by atoms with Gasteiger partial charge in [-0.2, -0.15) is 0 Å². The molecule has 0 atom stereocenters. The van der Waals surface area contributed by atoms with Gasteiger partial charge in [-0.25, -0.2) is 0 Å². The minimum Gasteiger partial charge on any atom is -0.481 e. The Labute approximate surface area is 118 Å². The summed E-state index contributed by atoms with van der Waals surface area (Å²) in [6, 6.07) is 1.91. The van der Waals surface area contributed by atoms with Crippen LogP contribution < -0.4 is 5.32 Å². The summed E-state index contributed by atoms with van der Waals surface area (Å²) in [7, 11) is 0. The van der Waals surface area contributed by atoms with Crippen LogP contribution in [0.2, 0.25) is 5.02 Å². The molecule has 19 heavy (non-hydrogen) atoms. The van der Waals surface area contributed by atoms with E-state index in [1.807, 2.05) is 6.07 Å². The van der Waals surface area contributed by atoms with Crippen molar-refractivity contribution in [1.29, 1.82) is 0 Å². The van der Waals surface area contributed by atoms with Crippen molar-refractivity contribution >= 4 is 17.6 Å². The SMILES string of the molecule is O=C(O)C1CCC(CNCc2ccncc2Cl)CC1. The first-order valence-corrected chi connectivity index (χ1v) is 7.06. The Morgan fingerprint density at radius 3 is 2.79 bits per heavy atom. The van der Waals surface area contributed by atoms with Gasteiger partial charge in [0.1, 0.15) is 0 Å². The van der Waals surface area contributed by atoms with Crippen LogP contribution in [0.4, 0.5) is 0 Å². The van der Waals surface area contributed by atoms with Crippen LogP contribution in [0.15, 0.2) is 18.5 Å². The molecule has 0 aromatic carbocycles. The van der Waals surface area contributed by atoms with Gasteiger partial charge in [0, 0.05) is 18.9 Å². The molecule has 0 aliphatic heterocycles. The van der Waals surface area contributed by atoms with Gasteiger partial charge in [-0.05, 0) is 49.8 Å². The molecule has 0 saturated heterocycles. The Bertz CT molecular complexity index is 431. The van der Waals surface area contributed by atoms with E-state index in [4.69, 9.17) is 16.7 Å². The summed E-state index contributed by atoms with van der Waals surface area (Å²) in [5.41, 5.74) is 1.05. The molecule has 0 spiro atoms. The summed E-state index contributed by atoms with van der Waals surface area (Å²) in [6.45, 7) is 1.66. The number of hydrogen-bond donors (Lipinski definition) is 2. The number of nitrogens with one attached hydrogen (secondary N) is 1. The number of pyridine rings is 1. The molecular weight excluding hydrogens is 264 g/mol. The molecule has 2 N–H and O–H groups in total. The predicted octanol–water partition coefficient (Wildman–Crippen LogP) is 2.72. The third kappa shape index (κ3) is 4.18. The second kappa shape index (κ2) is 6.87. The van der Waals surface area contributed by atoms with Crippen LogP contribution in [0, 0.1) is 11.8 Å². The van der Waals surface area contributed by atoms with Crippen LogP contribution in [-0.2, 0) is 11.3 Å². The first-order chi connectivity index (χ1) is 9.16. The zero-order chi connectivity index (χ0) is 13.7. The molecule has 0 unspecified atom stereocenters. The number of aromatic nitrogens is 1. The van der Waals surface area contributed by atoms with Gasteiger partial charge < -0.3 is 10.4 Å². The zero-order valence-corrected chi connectivity index (χ0v) is 11.6. The van der Waals surface area contributed by atoms with Crippen LogP contribution in [0.1, 0.15) is 31.2 Å². The first-order valence-electron chi connectivity index (χ1n) is 6.68. The molecule has 0 bridgehead atoms. The van der Waals surface area contributed by atoms with Crippen molar-refractivity contribution in [3.63, 3.8) is 0 Å². The molecular formula is C14H19ClN2O2. The van der Waals surface area contributed by atoms with Gasteiger partial charge in [0.25, 0.3) is 0 Å². The Balaban J connectivity index is 1.70. The van der Waals surface area contributed by atoms with Crippen LogP contribution >= 0.6 is 11.6 Å². The van der Waals surface area contributed by atoms with Crippen LogP contribution in [0.5, 0.6) is 0 Å². The van der Waals surface area contributed by atoms with E-state index in [2.05, 4.69) is 10.3 Å². The van der Waals surface area contributed by atoms with Crippen molar-refractivity contribution in [2.45, 2.75) is 32.2 Å². The molecule has 2 rings (SSSR count). The number of carboxylic acids is 1. The lowest BCUT2D eigenvalue weighted by molar-refractivity contribution is -0.143. The molecule has 0 amide bonds. The van der Waals surface area contributed by atoms with Gasteiger partial charge in [0.2, 0.25) is 0 Å². The summed E-state index contributed by atoms with van der Waals surface area (Å²) < 4.78 is 0. The smallest absolute Gasteiger partial charge is 0.306 e. The molecule has 0 radical (unpaired) electrons. The summed E-state index contributed by atoms with van der Waals surface area (Å²) in [4.78, 5) is 14.8. The normalized spacial score (nSPS) is 23.2. The Morgan fingerprint density at radius 1 is 1.42 bits per heavy atom. The molecule has 1 saturated carbocycles. The largest absolute Gasteiger partial charge is 0.481 e. The summed E-state index contributed by atoms with van der Waals surface area (Å²) in [5, 5.41) is 13.0. The summed E-state index contributed by atoms with van der Waals surface area (Å²) in [5.74, 6) is -0.197. The van der Waals surface area contributed by atoms with Crippen LogP contribution in [0.25, 0.3) is 0 Å². The van der Waals surface area contributed by atoms with Gasteiger partial charge in [-0.3, -0.25) is 9.78 Å². The highest BCUT2D eigenvalue weighted by Crippen LogP contribution is 2.28. The molecule has 1 aliphatic rings. The van der Waals surface area contributed by atoms with E-state index in [0.29, 0.717) is 10.9 Å². The summed E-state index contributed by atoms with van der Waals surface area (Å²) in [6.07, 6.45) is 6.98. The highest BCUT2D eigenvalue weighted by atomic mass is 35.5. The maximum atomic E-state index is 10.9. The summed E-state index contributed by atoms with van der Waals surface area (Å²) >= 11 is 6.03. The molecule has 104 valence electrons. The van der Waals surface area contributed by atoms with Crippen LogP contribution in [0.3, 0.4) is 0 Å². The van der Waals surface area contributed by atoms with E-state index in [0.717, 1.165) is 44.3 Å². The Hall–Kier alpha value is -1.13. The van der Waals surface area contributed by atoms with E-state index in [1.165, 1.54) is 0 Å². The molecule has 4 nitrogen and oxygen atoms in total. The van der Waals surface area contributed by atoms with Crippen molar-refractivity contribution in [3.05, 3.63) is 29.0 Å². The van der Waals surface area contributed by atoms with E-state index in [1.54, 1.807) is 12.4 Å². The second-order valence-corrected chi connectivity index (χ2v) is 5.56. The number of hydrogen-bond acceptors (Lipinski definition) is 3. The lowest BCUT2D eigenvalue weighted by Gasteiger charge is -2.26. The molecule has 1 heterocycles. The number of halogens is 1. The monoisotopic (exact) mass is 282 g/mol. The number of aliphatic carboxylic acids is 1. The molecule has 1 fully saturated rings. The van der Waals surface area contributed by atoms with E-state index in [-0.39, 0.29) is 5.92 Å². The lowest BCUT2D eigenvalue weighted by Crippen LogP contribution is -2.28. The predicted molar refractivity (Wildman–Crippen MR) is 74.0 cm³/mol. The number of carboxylic acid groups (broad SMARTS) is 1. The topological polar surface area (TPSA) is 62.2 Å². The molecule has 1 aromatic rings. The molecule has 1 aromatic heterocycles. The van der Waals surface area contributed by atoms with Crippen molar-refractivity contribution in [2.24, 2.45) is 11.8 Å². The molecule has 5 heteroatoms. The third-order valence-electron chi connectivity index (χ3n) is 3.80. The average Bonchev–Trinajstić information content (AvgIpc) is 2.41. The van der Waals surface area contributed by atoms with E-state index >= 15 is 0 Å². The fraction of sp³-hybridized carbons (Fsp3) is 0.571.